The standard InChI is InChI=1S/C12H17N5S/c13-7-12(5-2-6-12)10-16-17-9(8-3-1-4-8)14-15-11(17)18-10/h8H,1-7,13H2. The summed E-state index contributed by atoms with van der Waals surface area (Å²) >= 11 is 1.68. The molecule has 0 aliphatic heterocycles. The molecule has 2 aromatic rings. The Hall–Kier alpha value is -1.01. The molecule has 0 atom stereocenters. The van der Waals surface area contributed by atoms with Crippen LogP contribution >= 0.6 is 11.3 Å². The molecule has 2 aromatic heterocycles. The summed E-state index contributed by atoms with van der Waals surface area (Å²) in [6.07, 6.45) is 7.39. The predicted octanol–water partition coefficient (Wildman–Crippen LogP) is 1.83. The zero-order valence-electron chi connectivity index (χ0n) is 10.3. The zero-order valence-corrected chi connectivity index (χ0v) is 11.1. The summed E-state index contributed by atoms with van der Waals surface area (Å²) in [6, 6.07) is 0. The number of hydrogen-bond acceptors (Lipinski definition) is 5. The summed E-state index contributed by atoms with van der Waals surface area (Å²) in [7, 11) is 0. The molecule has 0 saturated heterocycles. The fourth-order valence-corrected chi connectivity index (χ4v) is 3.98. The van der Waals surface area contributed by atoms with Gasteiger partial charge in [-0.15, -0.1) is 10.2 Å². The lowest BCUT2D eigenvalue weighted by atomic mass is 9.69. The number of hydrogen-bond donors (Lipinski definition) is 1. The van der Waals surface area contributed by atoms with Gasteiger partial charge in [0, 0.05) is 17.9 Å². The first-order chi connectivity index (χ1) is 8.82. The molecule has 2 aliphatic rings. The number of fused-ring (bicyclic) bond motifs is 1. The van der Waals surface area contributed by atoms with Gasteiger partial charge in [0.2, 0.25) is 4.96 Å². The van der Waals surface area contributed by atoms with E-state index in [9.17, 15) is 0 Å². The second-order valence-electron chi connectivity index (χ2n) is 5.63. The van der Waals surface area contributed by atoms with Gasteiger partial charge in [-0.25, -0.2) is 0 Å². The molecule has 6 heteroatoms. The molecule has 0 aromatic carbocycles. The van der Waals surface area contributed by atoms with Gasteiger partial charge in [0.05, 0.1) is 0 Å². The maximum Gasteiger partial charge on any atom is 0.234 e. The van der Waals surface area contributed by atoms with Gasteiger partial charge >= 0.3 is 0 Å². The van der Waals surface area contributed by atoms with Crippen molar-refractivity contribution in [2.75, 3.05) is 6.54 Å². The van der Waals surface area contributed by atoms with Crippen molar-refractivity contribution in [2.24, 2.45) is 5.73 Å². The van der Waals surface area contributed by atoms with Crippen molar-refractivity contribution in [2.45, 2.75) is 49.9 Å². The number of rotatable bonds is 3. The van der Waals surface area contributed by atoms with Crippen LogP contribution in [0.3, 0.4) is 0 Å². The maximum atomic E-state index is 5.95. The van der Waals surface area contributed by atoms with Gasteiger partial charge in [0.25, 0.3) is 0 Å². The SMILES string of the molecule is NCC1(c2nn3c(C4CCC4)nnc3s2)CCC1. The third-order valence-electron chi connectivity index (χ3n) is 4.64. The zero-order chi connectivity index (χ0) is 12.2. The van der Waals surface area contributed by atoms with Crippen LogP contribution in [0.2, 0.25) is 0 Å². The van der Waals surface area contributed by atoms with E-state index in [-0.39, 0.29) is 5.41 Å². The topological polar surface area (TPSA) is 69.1 Å². The molecule has 0 unspecified atom stereocenters. The van der Waals surface area contributed by atoms with Crippen LogP contribution in [0.1, 0.15) is 55.3 Å². The van der Waals surface area contributed by atoms with E-state index in [1.807, 2.05) is 4.52 Å². The van der Waals surface area contributed by atoms with Crippen LogP contribution in [0.4, 0.5) is 0 Å². The summed E-state index contributed by atoms with van der Waals surface area (Å²) in [5, 5.41) is 14.5. The summed E-state index contributed by atoms with van der Waals surface area (Å²) in [4.78, 5) is 0.937. The van der Waals surface area contributed by atoms with Crippen molar-refractivity contribution >= 4 is 16.3 Å². The van der Waals surface area contributed by atoms with E-state index in [0.717, 1.165) is 10.8 Å². The molecule has 2 aliphatic carbocycles. The average Bonchev–Trinajstić information content (AvgIpc) is 2.77. The minimum absolute atomic E-state index is 0.141. The number of nitrogens with two attached hydrogens (primary N) is 1. The smallest absolute Gasteiger partial charge is 0.234 e. The van der Waals surface area contributed by atoms with Crippen LogP contribution in [0.15, 0.2) is 0 Å². The Morgan fingerprint density at radius 2 is 2.11 bits per heavy atom. The third-order valence-corrected chi connectivity index (χ3v) is 5.79. The Morgan fingerprint density at radius 1 is 1.28 bits per heavy atom. The third kappa shape index (κ3) is 1.33. The van der Waals surface area contributed by atoms with E-state index < -0.39 is 0 Å². The molecule has 0 amide bonds. The second-order valence-corrected chi connectivity index (χ2v) is 6.58. The fraction of sp³-hybridized carbons (Fsp3) is 0.750. The average molecular weight is 263 g/mol. The van der Waals surface area contributed by atoms with Crippen LogP contribution in [0.25, 0.3) is 4.96 Å². The maximum absolute atomic E-state index is 5.95. The van der Waals surface area contributed by atoms with Crippen LogP contribution in [0.5, 0.6) is 0 Å². The van der Waals surface area contributed by atoms with Crippen LogP contribution in [0, 0.1) is 0 Å². The fourth-order valence-electron chi connectivity index (χ4n) is 2.88. The molecule has 2 fully saturated rings. The van der Waals surface area contributed by atoms with E-state index >= 15 is 0 Å². The molecule has 18 heavy (non-hydrogen) atoms. The van der Waals surface area contributed by atoms with Crippen LogP contribution < -0.4 is 5.73 Å². The summed E-state index contributed by atoms with van der Waals surface area (Å²) in [5.41, 5.74) is 6.09. The van der Waals surface area contributed by atoms with E-state index in [1.165, 1.54) is 43.5 Å². The van der Waals surface area contributed by atoms with Crippen LogP contribution in [-0.4, -0.2) is 26.4 Å². The van der Waals surface area contributed by atoms with Crippen molar-refractivity contribution in [3.8, 4) is 0 Å². The molecule has 2 heterocycles. The first kappa shape index (κ1) is 10.9. The molecule has 0 spiro atoms. The van der Waals surface area contributed by atoms with Crippen molar-refractivity contribution in [3.05, 3.63) is 10.8 Å². The number of aromatic nitrogens is 4. The Bertz CT molecular complexity index is 573. The van der Waals surface area contributed by atoms with E-state index in [4.69, 9.17) is 10.8 Å². The Balaban J connectivity index is 1.77. The Kier molecular flexibility index (Phi) is 2.26. The highest BCUT2D eigenvalue weighted by Gasteiger charge is 2.41. The molecule has 5 nitrogen and oxygen atoms in total. The summed E-state index contributed by atoms with van der Waals surface area (Å²) in [5.74, 6) is 1.63. The quantitative estimate of drug-likeness (QED) is 0.917. The first-order valence-electron chi connectivity index (χ1n) is 6.75. The lowest BCUT2D eigenvalue weighted by molar-refractivity contribution is 0.249. The first-order valence-corrected chi connectivity index (χ1v) is 7.57. The van der Waals surface area contributed by atoms with Crippen molar-refractivity contribution in [1.82, 2.24) is 19.8 Å². The van der Waals surface area contributed by atoms with Gasteiger partial charge in [-0.2, -0.15) is 9.61 Å². The van der Waals surface area contributed by atoms with Gasteiger partial charge in [-0.05, 0) is 25.7 Å². The largest absolute Gasteiger partial charge is 0.329 e. The predicted molar refractivity (Wildman–Crippen MR) is 69.8 cm³/mol. The molecule has 0 bridgehead atoms. The van der Waals surface area contributed by atoms with Gasteiger partial charge in [0.1, 0.15) is 5.01 Å². The van der Waals surface area contributed by atoms with Crippen molar-refractivity contribution < 1.29 is 0 Å². The van der Waals surface area contributed by atoms with Gasteiger partial charge < -0.3 is 5.73 Å². The van der Waals surface area contributed by atoms with Gasteiger partial charge in [0.15, 0.2) is 5.82 Å². The highest BCUT2D eigenvalue weighted by Crippen LogP contribution is 2.44. The Labute approximate surface area is 109 Å². The molecular formula is C12H17N5S. The number of nitrogens with zero attached hydrogens (tertiary/aromatic N) is 4. The minimum atomic E-state index is 0.141. The van der Waals surface area contributed by atoms with Crippen molar-refractivity contribution in [1.29, 1.82) is 0 Å². The highest BCUT2D eigenvalue weighted by molar-refractivity contribution is 7.16. The Morgan fingerprint density at radius 3 is 2.67 bits per heavy atom. The van der Waals surface area contributed by atoms with Crippen molar-refractivity contribution in [3.63, 3.8) is 0 Å². The lowest BCUT2D eigenvalue weighted by Gasteiger charge is -2.38. The lowest BCUT2D eigenvalue weighted by Crippen LogP contribution is -2.41. The van der Waals surface area contributed by atoms with E-state index in [1.54, 1.807) is 11.3 Å². The normalized spacial score (nSPS) is 22.9. The molecule has 0 radical (unpaired) electrons. The van der Waals surface area contributed by atoms with E-state index in [2.05, 4.69) is 10.2 Å². The van der Waals surface area contributed by atoms with Gasteiger partial charge in [-0.3, -0.25) is 0 Å². The second kappa shape index (κ2) is 3.74. The molecule has 2 saturated carbocycles. The summed E-state index contributed by atoms with van der Waals surface area (Å²) in [6.45, 7) is 0.704. The van der Waals surface area contributed by atoms with Crippen LogP contribution in [-0.2, 0) is 5.41 Å². The minimum Gasteiger partial charge on any atom is -0.329 e. The van der Waals surface area contributed by atoms with E-state index in [0.29, 0.717) is 12.5 Å². The molecular weight excluding hydrogens is 246 g/mol. The molecule has 2 N–H and O–H groups in total. The summed E-state index contributed by atoms with van der Waals surface area (Å²) < 4.78 is 1.97. The molecule has 4 rings (SSSR count). The highest BCUT2D eigenvalue weighted by atomic mass is 32.1. The molecule has 96 valence electrons. The van der Waals surface area contributed by atoms with Gasteiger partial charge in [-0.1, -0.05) is 24.2 Å². The monoisotopic (exact) mass is 263 g/mol.